The lowest BCUT2D eigenvalue weighted by Crippen LogP contribution is -2.41. The number of alkyl halides is 3. The molecule has 0 atom stereocenters. The fourth-order valence-corrected chi connectivity index (χ4v) is 6.29. The average Bonchev–Trinajstić information content (AvgIpc) is 3.44. The summed E-state index contributed by atoms with van der Waals surface area (Å²) in [7, 11) is 1.85. The topological polar surface area (TPSA) is 72.3 Å². The number of amides is 1. The summed E-state index contributed by atoms with van der Waals surface area (Å²) in [5, 5.41) is 8.61. The second-order valence-corrected chi connectivity index (χ2v) is 11.7. The van der Waals surface area contributed by atoms with E-state index in [4.69, 9.17) is 4.74 Å². The molecule has 1 saturated carbocycles. The minimum absolute atomic E-state index is 0.0434. The number of ether oxygens (including phenoxy) is 1. The van der Waals surface area contributed by atoms with Crippen molar-refractivity contribution in [2.45, 2.75) is 64.2 Å². The van der Waals surface area contributed by atoms with E-state index in [0.717, 1.165) is 73.1 Å². The van der Waals surface area contributed by atoms with E-state index in [0.29, 0.717) is 12.1 Å². The van der Waals surface area contributed by atoms with E-state index >= 15 is 0 Å². The molecule has 1 N–H and O–H groups in total. The van der Waals surface area contributed by atoms with Crippen LogP contribution in [-0.4, -0.2) is 57.5 Å². The summed E-state index contributed by atoms with van der Waals surface area (Å²) in [6, 6.07) is 5.80. The van der Waals surface area contributed by atoms with Crippen LogP contribution in [0.15, 0.2) is 24.4 Å². The molecule has 1 amide bonds. The van der Waals surface area contributed by atoms with Gasteiger partial charge < -0.3 is 10.1 Å². The summed E-state index contributed by atoms with van der Waals surface area (Å²) in [5.74, 6) is -0.0434. The Morgan fingerprint density at radius 1 is 1.30 bits per heavy atom. The second-order valence-electron chi connectivity index (χ2n) is 10.6. The minimum atomic E-state index is -4.36. The van der Waals surface area contributed by atoms with Gasteiger partial charge in [0.25, 0.3) is 11.1 Å². The highest BCUT2D eigenvalue weighted by atomic mass is 32.1. The van der Waals surface area contributed by atoms with Crippen molar-refractivity contribution >= 4 is 28.1 Å². The maximum atomic E-state index is 13.0. The molecule has 200 valence electrons. The molecule has 2 aromatic heterocycles. The molecule has 11 heteroatoms. The van der Waals surface area contributed by atoms with Crippen molar-refractivity contribution in [2.24, 2.45) is 12.5 Å². The van der Waals surface area contributed by atoms with Crippen LogP contribution in [0.2, 0.25) is 0 Å². The van der Waals surface area contributed by atoms with Crippen LogP contribution in [0.3, 0.4) is 0 Å². The number of carbonyl (C=O) groups is 1. The fraction of sp³-hybridized carbons (Fsp3) is 0.577. The summed E-state index contributed by atoms with van der Waals surface area (Å²) >= 11 is 1.23. The highest BCUT2D eigenvalue weighted by molar-refractivity contribution is 7.13. The standard InChI is InChI=1S/C26H32F3N5O2S/c1-25(11-13-34-12-8-22-21(15-34)31-24(37-22)36-16-26(27,28)29)9-6-17(7-10-25)30-23(35)18-4-3-5-20-19(18)14-33(2)32-20/h3-5,14,17H,6-13,15-16H2,1-2H3,(H,30,35). The summed E-state index contributed by atoms with van der Waals surface area (Å²) in [6.07, 6.45) is 3.33. The van der Waals surface area contributed by atoms with Gasteiger partial charge in [-0.1, -0.05) is 24.3 Å². The van der Waals surface area contributed by atoms with Crippen LogP contribution in [0.5, 0.6) is 5.19 Å². The number of rotatable bonds is 7. The Morgan fingerprint density at radius 3 is 2.84 bits per heavy atom. The minimum Gasteiger partial charge on any atom is -0.460 e. The lowest BCUT2D eigenvalue weighted by atomic mass is 9.71. The van der Waals surface area contributed by atoms with Crippen molar-refractivity contribution in [2.75, 3.05) is 19.7 Å². The van der Waals surface area contributed by atoms with Gasteiger partial charge in [0.1, 0.15) is 0 Å². The number of fused-ring (bicyclic) bond motifs is 2. The first-order valence-electron chi connectivity index (χ1n) is 12.7. The van der Waals surface area contributed by atoms with E-state index in [1.165, 1.54) is 11.3 Å². The Kier molecular flexibility index (Phi) is 7.19. The van der Waals surface area contributed by atoms with Gasteiger partial charge in [-0.2, -0.15) is 18.3 Å². The van der Waals surface area contributed by atoms with E-state index in [-0.39, 0.29) is 22.6 Å². The number of aryl methyl sites for hydroxylation is 1. The van der Waals surface area contributed by atoms with Crippen LogP contribution in [0.4, 0.5) is 13.2 Å². The van der Waals surface area contributed by atoms with Crippen LogP contribution >= 0.6 is 11.3 Å². The SMILES string of the molecule is Cn1cc2c(C(=O)NC3CCC(C)(CCN4CCc5sc(OCC(F)(F)F)nc5C4)CC3)cccc2n1. The van der Waals surface area contributed by atoms with Gasteiger partial charge in [-0.15, -0.1) is 0 Å². The maximum Gasteiger partial charge on any atom is 0.422 e. The first kappa shape index (κ1) is 26.0. The molecule has 0 unspecified atom stereocenters. The first-order chi connectivity index (χ1) is 17.6. The smallest absolute Gasteiger partial charge is 0.422 e. The molecule has 3 heterocycles. The van der Waals surface area contributed by atoms with Gasteiger partial charge in [0, 0.05) is 42.6 Å². The number of halogens is 3. The molecule has 0 spiro atoms. The lowest BCUT2D eigenvalue weighted by Gasteiger charge is -2.39. The van der Waals surface area contributed by atoms with E-state index < -0.39 is 12.8 Å². The third-order valence-corrected chi connectivity index (χ3v) is 8.68. The van der Waals surface area contributed by atoms with Gasteiger partial charge in [-0.3, -0.25) is 14.4 Å². The number of aromatic nitrogens is 3. The molecule has 0 saturated heterocycles. The molecule has 1 aliphatic carbocycles. The van der Waals surface area contributed by atoms with Crippen LogP contribution < -0.4 is 10.1 Å². The Hall–Kier alpha value is -2.66. The molecule has 7 nitrogen and oxygen atoms in total. The first-order valence-corrected chi connectivity index (χ1v) is 13.5. The third-order valence-electron chi connectivity index (χ3n) is 7.62. The molecule has 37 heavy (non-hydrogen) atoms. The predicted molar refractivity (Wildman–Crippen MR) is 136 cm³/mol. The largest absolute Gasteiger partial charge is 0.460 e. The van der Waals surface area contributed by atoms with Crippen LogP contribution in [0.25, 0.3) is 10.9 Å². The number of nitrogens with one attached hydrogen (secondary N) is 1. The van der Waals surface area contributed by atoms with Crippen molar-refractivity contribution in [3.63, 3.8) is 0 Å². The van der Waals surface area contributed by atoms with Crippen LogP contribution in [0, 0.1) is 5.41 Å². The molecular weight excluding hydrogens is 503 g/mol. The Bertz CT molecular complexity index is 1260. The number of thiazole rings is 1. The van der Waals surface area contributed by atoms with Crippen LogP contribution in [-0.2, 0) is 20.0 Å². The molecule has 1 fully saturated rings. The third kappa shape index (κ3) is 6.26. The number of hydrogen-bond acceptors (Lipinski definition) is 6. The molecule has 0 radical (unpaired) electrons. The molecule has 5 rings (SSSR count). The highest BCUT2D eigenvalue weighted by Crippen LogP contribution is 2.40. The van der Waals surface area contributed by atoms with Gasteiger partial charge in [-0.05, 0) is 62.6 Å². The van der Waals surface area contributed by atoms with Crippen molar-refractivity contribution in [3.8, 4) is 5.19 Å². The van der Waals surface area contributed by atoms with Gasteiger partial charge in [0.2, 0.25) is 0 Å². The maximum absolute atomic E-state index is 13.0. The van der Waals surface area contributed by atoms with Crippen molar-refractivity contribution in [1.29, 1.82) is 0 Å². The molecular formula is C26H32F3N5O2S. The summed E-state index contributed by atoms with van der Waals surface area (Å²) in [6.45, 7) is 3.47. The van der Waals surface area contributed by atoms with Crippen LogP contribution in [0.1, 0.15) is 60.0 Å². The number of carbonyl (C=O) groups excluding carboxylic acids is 1. The zero-order valence-corrected chi connectivity index (χ0v) is 21.9. The zero-order chi connectivity index (χ0) is 26.2. The summed E-state index contributed by atoms with van der Waals surface area (Å²) in [4.78, 5) is 20.7. The average molecular weight is 536 g/mol. The Morgan fingerprint density at radius 2 is 2.08 bits per heavy atom. The van der Waals surface area contributed by atoms with Gasteiger partial charge >= 0.3 is 6.18 Å². The Balaban J connectivity index is 1.09. The molecule has 1 aliphatic heterocycles. The quantitative estimate of drug-likeness (QED) is 0.456. The fourth-order valence-electron chi connectivity index (χ4n) is 5.38. The lowest BCUT2D eigenvalue weighted by molar-refractivity contribution is -0.153. The van der Waals surface area contributed by atoms with Gasteiger partial charge in [0.05, 0.1) is 16.8 Å². The van der Waals surface area contributed by atoms with Gasteiger partial charge in [0.15, 0.2) is 6.61 Å². The molecule has 1 aromatic carbocycles. The normalized spacial score (nSPS) is 22.7. The monoisotopic (exact) mass is 535 g/mol. The summed E-state index contributed by atoms with van der Waals surface area (Å²) < 4.78 is 43.9. The van der Waals surface area contributed by atoms with Crippen molar-refractivity contribution < 1.29 is 22.7 Å². The zero-order valence-electron chi connectivity index (χ0n) is 21.1. The number of hydrogen-bond donors (Lipinski definition) is 1. The molecule has 2 aliphatic rings. The number of nitrogens with zero attached hydrogens (tertiary/aromatic N) is 4. The second kappa shape index (κ2) is 10.2. The van der Waals surface area contributed by atoms with E-state index in [1.807, 2.05) is 31.4 Å². The molecule has 3 aromatic rings. The summed E-state index contributed by atoms with van der Waals surface area (Å²) in [5.41, 5.74) is 2.53. The van der Waals surface area contributed by atoms with Gasteiger partial charge in [-0.25, -0.2) is 4.98 Å². The molecule has 0 bridgehead atoms. The Labute approximate surface area is 218 Å². The predicted octanol–water partition coefficient (Wildman–Crippen LogP) is 5.10. The number of benzene rings is 1. The van der Waals surface area contributed by atoms with Crippen molar-refractivity contribution in [1.82, 2.24) is 25.0 Å². The van der Waals surface area contributed by atoms with E-state index in [1.54, 1.807) is 4.68 Å². The van der Waals surface area contributed by atoms with E-state index in [9.17, 15) is 18.0 Å². The van der Waals surface area contributed by atoms with E-state index in [2.05, 4.69) is 27.2 Å². The van der Waals surface area contributed by atoms with Crippen molar-refractivity contribution in [3.05, 3.63) is 40.5 Å². The highest BCUT2D eigenvalue weighted by Gasteiger charge is 2.33.